The van der Waals surface area contributed by atoms with Crippen molar-refractivity contribution in [3.63, 3.8) is 0 Å². The molecule has 2 aromatic rings. The van der Waals surface area contributed by atoms with Gasteiger partial charge in [-0.3, -0.25) is 4.98 Å². The first-order valence-electron chi connectivity index (χ1n) is 4.90. The highest BCUT2D eigenvalue weighted by molar-refractivity contribution is 5.57. The molecule has 0 amide bonds. The molecular formula is C11H11N3. The fourth-order valence-corrected chi connectivity index (χ4v) is 1.92. The summed E-state index contributed by atoms with van der Waals surface area (Å²) < 4.78 is 2.25. The van der Waals surface area contributed by atoms with Crippen LogP contribution in [0.2, 0.25) is 0 Å². The lowest BCUT2D eigenvalue weighted by molar-refractivity contribution is 0.750. The van der Waals surface area contributed by atoms with E-state index < -0.39 is 0 Å². The van der Waals surface area contributed by atoms with Crippen LogP contribution in [0.1, 0.15) is 12.2 Å². The third-order valence-corrected chi connectivity index (χ3v) is 2.63. The highest BCUT2D eigenvalue weighted by Gasteiger charge is 2.13. The lowest BCUT2D eigenvalue weighted by Gasteiger charge is -1.94. The molecule has 3 rings (SSSR count). The molecule has 3 heterocycles. The fourth-order valence-electron chi connectivity index (χ4n) is 1.92. The summed E-state index contributed by atoms with van der Waals surface area (Å²) in [6.45, 7) is 1.12. The molecule has 0 bridgehead atoms. The summed E-state index contributed by atoms with van der Waals surface area (Å²) >= 11 is 0. The number of aryl methyl sites for hydroxylation is 2. The Balaban J connectivity index is 2.06. The van der Waals surface area contributed by atoms with E-state index in [0.717, 1.165) is 24.2 Å². The molecule has 0 atom stereocenters. The van der Waals surface area contributed by atoms with Crippen molar-refractivity contribution in [2.45, 2.75) is 19.4 Å². The SMILES string of the molecule is c1cc(-c2cn3c(n2)CCC3)ccn1. The van der Waals surface area contributed by atoms with Crippen molar-refractivity contribution in [1.29, 1.82) is 0 Å². The molecule has 0 fully saturated rings. The number of pyridine rings is 1. The van der Waals surface area contributed by atoms with Gasteiger partial charge in [-0.2, -0.15) is 0 Å². The van der Waals surface area contributed by atoms with Gasteiger partial charge in [-0.05, 0) is 18.6 Å². The molecule has 0 saturated carbocycles. The van der Waals surface area contributed by atoms with E-state index in [1.807, 2.05) is 12.1 Å². The Hall–Kier alpha value is -1.64. The van der Waals surface area contributed by atoms with Crippen molar-refractivity contribution in [2.24, 2.45) is 0 Å². The number of fused-ring (bicyclic) bond motifs is 1. The monoisotopic (exact) mass is 185 g/mol. The Kier molecular flexibility index (Phi) is 1.63. The maximum atomic E-state index is 4.60. The molecule has 0 aromatic carbocycles. The van der Waals surface area contributed by atoms with Crippen LogP contribution in [0, 0.1) is 0 Å². The molecule has 1 aliphatic rings. The first-order chi connectivity index (χ1) is 6.93. The van der Waals surface area contributed by atoms with Crippen LogP contribution in [0.15, 0.2) is 30.7 Å². The van der Waals surface area contributed by atoms with Crippen molar-refractivity contribution < 1.29 is 0 Å². The van der Waals surface area contributed by atoms with Gasteiger partial charge in [0.05, 0.1) is 5.69 Å². The zero-order valence-electron chi connectivity index (χ0n) is 7.85. The average Bonchev–Trinajstić information content (AvgIpc) is 2.78. The van der Waals surface area contributed by atoms with Gasteiger partial charge in [0.15, 0.2) is 0 Å². The fraction of sp³-hybridized carbons (Fsp3) is 0.273. The van der Waals surface area contributed by atoms with Crippen LogP contribution in [0.3, 0.4) is 0 Å². The highest BCUT2D eigenvalue weighted by Crippen LogP contribution is 2.21. The van der Waals surface area contributed by atoms with E-state index in [4.69, 9.17) is 0 Å². The minimum absolute atomic E-state index is 1.07. The maximum Gasteiger partial charge on any atom is 0.109 e. The summed E-state index contributed by atoms with van der Waals surface area (Å²) in [4.78, 5) is 8.60. The number of imidazole rings is 1. The summed E-state index contributed by atoms with van der Waals surface area (Å²) in [6, 6.07) is 4.00. The van der Waals surface area contributed by atoms with Crippen LogP contribution in [-0.4, -0.2) is 14.5 Å². The molecule has 0 spiro atoms. The Labute approximate surface area is 82.4 Å². The first kappa shape index (κ1) is 7.74. The summed E-state index contributed by atoms with van der Waals surface area (Å²) in [5, 5.41) is 0. The van der Waals surface area contributed by atoms with Gasteiger partial charge in [0.1, 0.15) is 5.82 Å². The van der Waals surface area contributed by atoms with Crippen LogP contribution in [0.5, 0.6) is 0 Å². The normalized spacial score (nSPS) is 14.3. The average molecular weight is 185 g/mol. The molecule has 0 saturated heterocycles. The standard InChI is InChI=1S/C11H11N3/c1-2-11-13-10(8-14(11)7-1)9-3-5-12-6-4-9/h3-6,8H,1-2,7H2. The second-order valence-electron chi connectivity index (χ2n) is 3.58. The molecule has 14 heavy (non-hydrogen) atoms. The number of aromatic nitrogens is 3. The minimum atomic E-state index is 1.07. The van der Waals surface area contributed by atoms with E-state index in [9.17, 15) is 0 Å². The van der Waals surface area contributed by atoms with Crippen LogP contribution in [0.4, 0.5) is 0 Å². The second kappa shape index (κ2) is 2.94. The highest BCUT2D eigenvalue weighted by atomic mass is 15.1. The van der Waals surface area contributed by atoms with Crippen LogP contribution in [0.25, 0.3) is 11.3 Å². The zero-order valence-corrected chi connectivity index (χ0v) is 7.85. The number of nitrogens with zero attached hydrogens (tertiary/aromatic N) is 3. The Morgan fingerprint density at radius 2 is 2.07 bits per heavy atom. The summed E-state index contributed by atoms with van der Waals surface area (Å²) in [5.41, 5.74) is 2.23. The van der Waals surface area contributed by atoms with Crippen molar-refractivity contribution in [3.8, 4) is 11.3 Å². The first-order valence-corrected chi connectivity index (χ1v) is 4.90. The van der Waals surface area contributed by atoms with E-state index in [2.05, 4.69) is 20.7 Å². The van der Waals surface area contributed by atoms with Crippen LogP contribution < -0.4 is 0 Å². The Bertz CT molecular complexity index is 423. The summed E-state index contributed by atoms with van der Waals surface area (Å²) in [5.74, 6) is 1.22. The number of rotatable bonds is 1. The predicted molar refractivity (Wildman–Crippen MR) is 53.8 cm³/mol. The van der Waals surface area contributed by atoms with Gasteiger partial charge in [0, 0.05) is 37.1 Å². The van der Waals surface area contributed by atoms with Crippen molar-refractivity contribution in [2.75, 3.05) is 0 Å². The molecule has 0 aliphatic carbocycles. The summed E-state index contributed by atoms with van der Waals surface area (Å²) in [6.07, 6.45) is 8.10. The van der Waals surface area contributed by atoms with Gasteiger partial charge in [-0.25, -0.2) is 4.98 Å². The third kappa shape index (κ3) is 1.13. The molecule has 3 heteroatoms. The van der Waals surface area contributed by atoms with Gasteiger partial charge in [-0.1, -0.05) is 0 Å². The van der Waals surface area contributed by atoms with Crippen LogP contribution in [-0.2, 0) is 13.0 Å². The van der Waals surface area contributed by atoms with E-state index in [1.165, 1.54) is 12.2 Å². The zero-order chi connectivity index (χ0) is 9.38. The topological polar surface area (TPSA) is 30.7 Å². The lowest BCUT2D eigenvalue weighted by Crippen LogP contribution is -1.87. The Morgan fingerprint density at radius 1 is 1.21 bits per heavy atom. The molecule has 2 aromatic heterocycles. The van der Waals surface area contributed by atoms with Crippen molar-refractivity contribution in [1.82, 2.24) is 14.5 Å². The van der Waals surface area contributed by atoms with Gasteiger partial charge >= 0.3 is 0 Å². The number of hydrogen-bond acceptors (Lipinski definition) is 2. The Morgan fingerprint density at radius 3 is 2.86 bits per heavy atom. The van der Waals surface area contributed by atoms with E-state index in [1.54, 1.807) is 12.4 Å². The quantitative estimate of drug-likeness (QED) is 0.679. The molecule has 70 valence electrons. The van der Waals surface area contributed by atoms with Crippen molar-refractivity contribution >= 4 is 0 Å². The second-order valence-corrected chi connectivity index (χ2v) is 3.58. The maximum absolute atomic E-state index is 4.60. The molecule has 0 radical (unpaired) electrons. The van der Waals surface area contributed by atoms with Gasteiger partial charge in [0.2, 0.25) is 0 Å². The van der Waals surface area contributed by atoms with E-state index >= 15 is 0 Å². The largest absolute Gasteiger partial charge is 0.334 e. The third-order valence-electron chi connectivity index (χ3n) is 2.63. The number of hydrogen-bond donors (Lipinski definition) is 0. The molecule has 0 unspecified atom stereocenters. The van der Waals surface area contributed by atoms with Crippen molar-refractivity contribution in [3.05, 3.63) is 36.5 Å². The predicted octanol–water partition coefficient (Wildman–Crippen LogP) is 1.89. The molecule has 1 aliphatic heterocycles. The van der Waals surface area contributed by atoms with E-state index in [0.29, 0.717) is 0 Å². The minimum Gasteiger partial charge on any atom is -0.334 e. The van der Waals surface area contributed by atoms with Crippen LogP contribution >= 0.6 is 0 Å². The van der Waals surface area contributed by atoms with Gasteiger partial charge in [-0.15, -0.1) is 0 Å². The summed E-state index contributed by atoms with van der Waals surface area (Å²) in [7, 11) is 0. The lowest BCUT2D eigenvalue weighted by atomic mass is 10.2. The smallest absolute Gasteiger partial charge is 0.109 e. The molecule has 0 N–H and O–H groups in total. The van der Waals surface area contributed by atoms with E-state index in [-0.39, 0.29) is 0 Å². The van der Waals surface area contributed by atoms with Gasteiger partial charge in [0.25, 0.3) is 0 Å². The van der Waals surface area contributed by atoms with Gasteiger partial charge < -0.3 is 4.57 Å². The molecule has 3 nitrogen and oxygen atoms in total. The molecular weight excluding hydrogens is 174 g/mol.